The lowest BCUT2D eigenvalue weighted by Gasteiger charge is -2.23. The number of amides is 1. The van der Waals surface area contributed by atoms with Crippen molar-refractivity contribution < 1.29 is 29.0 Å². The molecule has 0 spiro atoms. The second-order valence-corrected chi connectivity index (χ2v) is 9.42. The van der Waals surface area contributed by atoms with E-state index in [0.29, 0.717) is 29.2 Å². The van der Waals surface area contributed by atoms with Crippen molar-refractivity contribution in [3.05, 3.63) is 81.9 Å². The van der Waals surface area contributed by atoms with Crippen molar-refractivity contribution >= 4 is 39.9 Å². The average Bonchev–Trinajstić information content (AvgIpc) is 3.41. The Morgan fingerprint density at radius 2 is 1.78 bits per heavy atom. The van der Waals surface area contributed by atoms with Crippen LogP contribution in [0.25, 0.3) is 5.76 Å². The number of carbonyl (C=O) groups excluding carboxylic acids is 3. The van der Waals surface area contributed by atoms with Crippen LogP contribution in [-0.4, -0.2) is 41.0 Å². The molecule has 4 rings (SSSR count). The molecule has 1 aliphatic rings. The number of hydrogen-bond acceptors (Lipinski definition) is 8. The zero-order chi connectivity index (χ0) is 26.5. The molecule has 192 valence electrons. The first-order valence-electron chi connectivity index (χ1n) is 12.1. The van der Waals surface area contributed by atoms with Gasteiger partial charge in [0, 0.05) is 5.56 Å². The minimum Gasteiger partial charge on any atom is -0.507 e. The van der Waals surface area contributed by atoms with Gasteiger partial charge in [-0.05, 0) is 50.1 Å². The summed E-state index contributed by atoms with van der Waals surface area (Å²) in [6, 6.07) is 14.7. The number of esters is 1. The van der Waals surface area contributed by atoms with E-state index in [9.17, 15) is 19.5 Å². The van der Waals surface area contributed by atoms with Crippen LogP contribution < -0.4 is 9.64 Å². The number of carbonyl (C=O) groups is 3. The van der Waals surface area contributed by atoms with Gasteiger partial charge in [-0.15, -0.1) is 0 Å². The van der Waals surface area contributed by atoms with E-state index in [1.807, 2.05) is 6.07 Å². The van der Waals surface area contributed by atoms with Gasteiger partial charge in [-0.2, -0.15) is 0 Å². The Morgan fingerprint density at radius 3 is 2.43 bits per heavy atom. The van der Waals surface area contributed by atoms with Crippen molar-refractivity contribution in [2.75, 3.05) is 18.1 Å². The summed E-state index contributed by atoms with van der Waals surface area (Å²) in [4.78, 5) is 44.9. The summed E-state index contributed by atoms with van der Waals surface area (Å²) in [5, 5.41) is 11.5. The maximum atomic E-state index is 13.3. The summed E-state index contributed by atoms with van der Waals surface area (Å²) >= 11 is 0.976. The Balaban J connectivity index is 1.78. The number of ketones is 1. The third kappa shape index (κ3) is 5.27. The highest BCUT2D eigenvalue weighted by Gasteiger charge is 2.48. The Morgan fingerprint density at radius 1 is 1.08 bits per heavy atom. The van der Waals surface area contributed by atoms with Gasteiger partial charge < -0.3 is 14.6 Å². The fourth-order valence-electron chi connectivity index (χ4n) is 4.05. The van der Waals surface area contributed by atoms with Gasteiger partial charge in [-0.3, -0.25) is 14.5 Å². The molecule has 37 heavy (non-hydrogen) atoms. The zero-order valence-electron chi connectivity index (χ0n) is 20.9. The summed E-state index contributed by atoms with van der Waals surface area (Å²) in [7, 11) is 0. The number of aromatic nitrogens is 1. The second kappa shape index (κ2) is 11.4. The van der Waals surface area contributed by atoms with E-state index in [1.54, 1.807) is 62.4 Å². The molecule has 1 saturated heterocycles. The number of hydrogen-bond donors (Lipinski definition) is 1. The second-order valence-electron chi connectivity index (χ2n) is 8.44. The molecule has 0 bridgehead atoms. The molecular weight excluding hydrogens is 492 g/mol. The Hall–Kier alpha value is -3.98. The molecule has 0 unspecified atom stereocenters. The highest BCUT2D eigenvalue weighted by Crippen LogP contribution is 2.44. The lowest BCUT2D eigenvalue weighted by molar-refractivity contribution is -0.132. The maximum Gasteiger partial charge on any atom is 0.350 e. The number of aliphatic hydroxyl groups is 1. The normalized spacial score (nSPS) is 16.7. The van der Waals surface area contributed by atoms with E-state index in [-0.39, 0.29) is 27.9 Å². The van der Waals surface area contributed by atoms with Crippen molar-refractivity contribution in [2.24, 2.45) is 0 Å². The number of aliphatic hydroxyl groups excluding tert-OH is 1. The first-order valence-corrected chi connectivity index (χ1v) is 12.9. The number of thiazole rings is 1. The molecule has 1 N–H and O–H groups in total. The lowest BCUT2D eigenvalue weighted by Crippen LogP contribution is -2.29. The molecule has 1 aliphatic heterocycles. The van der Waals surface area contributed by atoms with Gasteiger partial charge in [0.2, 0.25) is 0 Å². The van der Waals surface area contributed by atoms with Crippen LogP contribution in [0.15, 0.2) is 60.2 Å². The molecule has 0 aliphatic carbocycles. The minimum atomic E-state index is -0.928. The smallest absolute Gasteiger partial charge is 0.350 e. The van der Waals surface area contributed by atoms with E-state index >= 15 is 0 Å². The number of unbranched alkanes of at least 4 members (excludes halogenated alkanes) is 1. The van der Waals surface area contributed by atoms with Gasteiger partial charge >= 0.3 is 11.9 Å². The van der Waals surface area contributed by atoms with E-state index in [1.165, 1.54) is 4.90 Å². The van der Waals surface area contributed by atoms with Crippen LogP contribution in [0.1, 0.15) is 59.2 Å². The number of benzene rings is 2. The van der Waals surface area contributed by atoms with Crippen LogP contribution in [0.4, 0.5) is 5.13 Å². The van der Waals surface area contributed by atoms with Crippen LogP contribution in [0, 0.1) is 6.92 Å². The molecule has 8 nitrogen and oxygen atoms in total. The number of nitrogens with zero attached hydrogens (tertiary/aromatic N) is 2. The highest BCUT2D eigenvalue weighted by atomic mass is 32.1. The lowest BCUT2D eigenvalue weighted by atomic mass is 9.95. The molecule has 1 atom stereocenters. The number of ether oxygens (including phenoxy) is 2. The molecule has 1 aromatic heterocycles. The Labute approximate surface area is 219 Å². The number of rotatable bonds is 9. The number of Topliss-reactive ketones (excluding diaryl/α,β-unsaturated/α-hetero) is 1. The van der Waals surface area contributed by atoms with Crippen LogP contribution in [0.5, 0.6) is 5.75 Å². The third-order valence-corrected chi connectivity index (χ3v) is 7.04. The monoisotopic (exact) mass is 520 g/mol. The van der Waals surface area contributed by atoms with Gasteiger partial charge in [0.1, 0.15) is 16.4 Å². The molecule has 1 amide bonds. The molecule has 3 aromatic rings. The van der Waals surface area contributed by atoms with Gasteiger partial charge in [0.05, 0.1) is 30.5 Å². The molecule has 9 heteroatoms. The SMILES string of the molecule is CCCCOc1ccc(C(O)=C2C(=O)C(=O)N(c3nc(C)c(C(=O)OCC)s3)[C@@H]2c2ccccc2)cc1. The van der Waals surface area contributed by atoms with Crippen LogP contribution in [0.3, 0.4) is 0 Å². The molecule has 0 saturated carbocycles. The van der Waals surface area contributed by atoms with Gasteiger partial charge in [0.15, 0.2) is 5.13 Å². The Bertz CT molecular complexity index is 1330. The van der Waals surface area contributed by atoms with Crippen molar-refractivity contribution in [3.8, 4) is 5.75 Å². The number of anilines is 1. The molecule has 1 fully saturated rings. The number of aryl methyl sites for hydroxylation is 1. The summed E-state index contributed by atoms with van der Waals surface area (Å²) in [5.74, 6) is -1.86. The van der Waals surface area contributed by atoms with E-state index in [4.69, 9.17) is 9.47 Å². The molecule has 2 heterocycles. The van der Waals surface area contributed by atoms with Gasteiger partial charge in [-0.1, -0.05) is 55.0 Å². The summed E-state index contributed by atoms with van der Waals surface area (Å²) in [5.41, 5.74) is 1.34. The summed E-state index contributed by atoms with van der Waals surface area (Å²) in [6.45, 7) is 6.20. The summed E-state index contributed by atoms with van der Waals surface area (Å²) < 4.78 is 10.8. The van der Waals surface area contributed by atoms with Crippen LogP contribution in [-0.2, 0) is 14.3 Å². The summed E-state index contributed by atoms with van der Waals surface area (Å²) in [6.07, 6.45) is 1.94. The van der Waals surface area contributed by atoms with Gasteiger partial charge in [0.25, 0.3) is 5.78 Å². The Kier molecular flexibility index (Phi) is 8.03. The molecular formula is C28H28N2O6S. The van der Waals surface area contributed by atoms with Gasteiger partial charge in [-0.25, -0.2) is 9.78 Å². The standard InChI is InChI=1S/C28H28N2O6S/c1-4-6-16-36-20-14-12-19(13-15-20)23(31)21-22(18-10-8-7-9-11-18)30(26(33)24(21)32)28-29-17(3)25(37-28)27(34)35-5-2/h7-15,22,31H,4-6,16H2,1-3H3/t22-/m1/s1. The van der Waals surface area contributed by atoms with Crippen molar-refractivity contribution in [1.29, 1.82) is 0 Å². The largest absolute Gasteiger partial charge is 0.507 e. The van der Waals surface area contributed by atoms with Crippen LogP contribution in [0.2, 0.25) is 0 Å². The fraction of sp³-hybridized carbons (Fsp3) is 0.286. The predicted molar refractivity (Wildman–Crippen MR) is 141 cm³/mol. The van der Waals surface area contributed by atoms with E-state index in [2.05, 4.69) is 11.9 Å². The van der Waals surface area contributed by atoms with Crippen molar-refractivity contribution in [1.82, 2.24) is 4.98 Å². The predicted octanol–water partition coefficient (Wildman–Crippen LogP) is 5.43. The first-order chi connectivity index (χ1) is 17.9. The highest BCUT2D eigenvalue weighted by molar-refractivity contribution is 7.17. The first kappa shape index (κ1) is 26.1. The topological polar surface area (TPSA) is 106 Å². The van der Waals surface area contributed by atoms with Crippen molar-refractivity contribution in [2.45, 2.75) is 39.7 Å². The zero-order valence-corrected chi connectivity index (χ0v) is 21.7. The quantitative estimate of drug-likeness (QED) is 0.132. The average molecular weight is 521 g/mol. The molecule has 2 aromatic carbocycles. The van der Waals surface area contributed by atoms with Crippen molar-refractivity contribution in [3.63, 3.8) is 0 Å². The van der Waals surface area contributed by atoms with E-state index < -0.39 is 23.7 Å². The third-order valence-electron chi connectivity index (χ3n) is 5.91. The molecule has 0 radical (unpaired) electrons. The van der Waals surface area contributed by atoms with E-state index in [0.717, 1.165) is 24.2 Å². The minimum absolute atomic E-state index is 0.0543. The fourth-order valence-corrected chi connectivity index (χ4v) is 5.04. The maximum absolute atomic E-state index is 13.3. The van der Waals surface area contributed by atoms with Crippen LogP contribution >= 0.6 is 11.3 Å².